The zero-order valence-corrected chi connectivity index (χ0v) is 10.8. The SMILES string of the molecule is Cc1cc([N+](=O)[O-])cn1C.O=CC(Cl)(Cl)Cl. The molecule has 0 unspecified atom stereocenters. The van der Waals surface area contributed by atoms with E-state index in [-0.39, 0.29) is 12.0 Å². The Labute approximate surface area is 107 Å². The first kappa shape index (κ1) is 15.2. The number of rotatable bonds is 1. The number of hydrogen-bond acceptors (Lipinski definition) is 3. The summed E-state index contributed by atoms with van der Waals surface area (Å²) < 4.78 is -0.00185. The third kappa shape index (κ3) is 5.95. The van der Waals surface area contributed by atoms with Crippen LogP contribution in [0.15, 0.2) is 12.3 Å². The Balaban J connectivity index is 0.000000325. The van der Waals surface area contributed by atoms with Crippen LogP contribution >= 0.6 is 34.8 Å². The molecule has 1 aromatic rings. The summed E-state index contributed by atoms with van der Waals surface area (Å²) in [6.45, 7) is 1.83. The predicted molar refractivity (Wildman–Crippen MR) is 63.2 cm³/mol. The second-order valence-electron chi connectivity index (χ2n) is 2.87. The summed E-state index contributed by atoms with van der Waals surface area (Å²) in [5.74, 6) is 0. The number of carbonyl (C=O) groups excluding carboxylic acids is 1. The van der Waals surface area contributed by atoms with Crippen molar-refractivity contribution in [2.24, 2.45) is 7.05 Å². The van der Waals surface area contributed by atoms with Gasteiger partial charge in [0, 0.05) is 18.8 Å². The summed E-state index contributed by atoms with van der Waals surface area (Å²) in [6.07, 6.45) is 1.73. The number of halogens is 3. The molecule has 0 spiro atoms. The smallest absolute Gasteiger partial charge is 0.287 e. The third-order valence-corrected chi connectivity index (χ3v) is 1.85. The predicted octanol–water partition coefficient (Wildman–Crippen LogP) is 2.80. The maximum absolute atomic E-state index is 10.2. The molecule has 8 heteroatoms. The number of nitrogens with zero attached hydrogens (tertiary/aromatic N) is 2. The molecule has 16 heavy (non-hydrogen) atoms. The highest BCUT2D eigenvalue weighted by Gasteiger charge is 2.16. The second-order valence-corrected chi connectivity index (χ2v) is 5.24. The van der Waals surface area contributed by atoms with Crippen molar-refractivity contribution in [2.75, 3.05) is 0 Å². The van der Waals surface area contributed by atoms with E-state index in [2.05, 4.69) is 0 Å². The molecule has 1 aromatic heterocycles. The Kier molecular flexibility index (Phi) is 5.78. The van der Waals surface area contributed by atoms with Gasteiger partial charge in [0.1, 0.15) is 0 Å². The molecule has 0 saturated heterocycles. The van der Waals surface area contributed by atoms with E-state index < -0.39 is 8.72 Å². The molecule has 5 nitrogen and oxygen atoms in total. The van der Waals surface area contributed by atoms with Gasteiger partial charge in [-0.2, -0.15) is 0 Å². The van der Waals surface area contributed by atoms with Crippen molar-refractivity contribution >= 4 is 46.8 Å². The molecule has 0 aliphatic carbocycles. The van der Waals surface area contributed by atoms with Crippen LogP contribution in [0.4, 0.5) is 5.69 Å². The normalized spacial score (nSPS) is 10.3. The lowest BCUT2D eigenvalue weighted by atomic mass is 10.4. The van der Waals surface area contributed by atoms with Crippen molar-refractivity contribution < 1.29 is 9.72 Å². The van der Waals surface area contributed by atoms with Gasteiger partial charge in [0.25, 0.3) is 5.69 Å². The highest BCUT2D eigenvalue weighted by molar-refractivity contribution is 6.74. The Bertz CT molecular complexity index is 365. The van der Waals surface area contributed by atoms with Crippen LogP contribution in [0.1, 0.15) is 5.69 Å². The standard InChI is InChI=1S/C6H8N2O2.C2HCl3O/c1-5-3-6(8(9)10)4-7(5)2;3-2(4,5)1-6/h3-4H,1-2H3;1H. The van der Waals surface area contributed by atoms with Crippen molar-refractivity contribution in [2.45, 2.75) is 10.7 Å². The molecule has 90 valence electrons. The summed E-state index contributed by atoms with van der Waals surface area (Å²) in [4.78, 5) is 19.2. The van der Waals surface area contributed by atoms with Gasteiger partial charge in [-0.15, -0.1) is 0 Å². The molecule has 0 bridgehead atoms. The number of carbonyl (C=O) groups is 1. The molecule has 0 fully saturated rings. The van der Waals surface area contributed by atoms with E-state index in [1.54, 1.807) is 17.7 Å². The van der Waals surface area contributed by atoms with Crippen molar-refractivity contribution in [3.8, 4) is 0 Å². The average Bonchev–Trinajstić information content (AvgIpc) is 2.47. The summed E-state index contributed by atoms with van der Waals surface area (Å²) in [5, 5.41) is 10.2. The lowest BCUT2D eigenvalue weighted by Gasteiger charge is -1.93. The fourth-order valence-electron chi connectivity index (χ4n) is 0.753. The minimum atomic E-state index is -1.72. The van der Waals surface area contributed by atoms with Gasteiger partial charge in [0.05, 0.1) is 11.1 Å². The lowest BCUT2D eigenvalue weighted by Crippen LogP contribution is -2.00. The van der Waals surface area contributed by atoms with Crippen molar-refractivity contribution in [1.82, 2.24) is 4.57 Å². The van der Waals surface area contributed by atoms with E-state index in [1.165, 1.54) is 6.20 Å². The topological polar surface area (TPSA) is 65.1 Å². The first-order valence-corrected chi connectivity index (χ1v) is 5.11. The molecule has 0 saturated carbocycles. The van der Waals surface area contributed by atoms with Gasteiger partial charge < -0.3 is 4.57 Å². The maximum atomic E-state index is 10.2. The van der Waals surface area contributed by atoms with Crippen molar-refractivity contribution in [3.05, 3.63) is 28.1 Å². The molecule has 0 aliphatic heterocycles. The van der Waals surface area contributed by atoms with Gasteiger partial charge in [-0.3, -0.25) is 14.9 Å². The summed E-state index contributed by atoms with van der Waals surface area (Å²) in [5.41, 5.74) is 1.05. The quantitative estimate of drug-likeness (QED) is 0.345. The Morgan fingerprint density at radius 1 is 1.50 bits per heavy atom. The van der Waals surface area contributed by atoms with Crippen LogP contribution in [0.2, 0.25) is 0 Å². The molecule has 1 heterocycles. The Morgan fingerprint density at radius 3 is 2.06 bits per heavy atom. The molecule has 0 amide bonds. The first-order valence-electron chi connectivity index (χ1n) is 3.98. The highest BCUT2D eigenvalue weighted by atomic mass is 35.6. The fourth-order valence-corrected chi connectivity index (χ4v) is 0.753. The highest BCUT2D eigenvalue weighted by Crippen LogP contribution is 2.21. The monoisotopic (exact) mass is 286 g/mol. The second kappa shape index (κ2) is 6.08. The van der Waals surface area contributed by atoms with Crippen LogP contribution in [0.5, 0.6) is 0 Å². The van der Waals surface area contributed by atoms with Crippen molar-refractivity contribution in [1.29, 1.82) is 0 Å². The van der Waals surface area contributed by atoms with E-state index in [9.17, 15) is 14.9 Å². The molecule has 0 atom stereocenters. The summed E-state index contributed by atoms with van der Waals surface area (Å²) >= 11 is 14.6. The van der Waals surface area contributed by atoms with E-state index in [4.69, 9.17) is 34.8 Å². The van der Waals surface area contributed by atoms with E-state index in [0.717, 1.165) is 5.69 Å². The van der Waals surface area contributed by atoms with Crippen LogP contribution in [-0.2, 0) is 11.8 Å². The van der Waals surface area contributed by atoms with Crippen LogP contribution in [0, 0.1) is 17.0 Å². The Morgan fingerprint density at radius 2 is 1.94 bits per heavy atom. The third-order valence-electron chi connectivity index (χ3n) is 1.58. The number of hydrogen-bond donors (Lipinski definition) is 0. The lowest BCUT2D eigenvalue weighted by molar-refractivity contribution is -0.384. The van der Waals surface area contributed by atoms with Crippen LogP contribution in [-0.4, -0.2) is 19.6 Å². The molecule has 0 N–H and O–H groups in total. The van der Waals surface area contributed by atoms with E-state index >= 15 is 0 Å². The number of alkyl halides is 3. The van der Waals surface area contributed by atoms with Gasteiger partial charge in [0.15, 0.2) is 6.29 Å². The molecular weight excluding hydrogens is 278 g/mol. The van der Waals surface area contributed by atoms with E-state index in [0.29, 0.717) is 0 Å². The first-order chi connectivity index (χ1) is 7.17. The van der Waals surface area contributed by atoms with Crippen LogP contribution in [0.3, 0.4) is 0 Å². The van der Waals surface area contributed by atoms with Gasteiger partial charge in [0.2, 0.25) is 3.79 Å². The number of aryl methyl sites for hydroxylation is 2. The summed E-state index contributed by atoms with van der Waals surface area (Å²) in [6, 6.07) is 1.54. The molecular formula is C8H9Cl3N2O3. The van der Waals surface area contributed by atoms with E-state index in [1.807, 2.05) is 6.92 Å². The zero-order chi connectivity index (χ0) is 12.9. The maximum Gasteiger partial charge on any atom is 0.287 e. The number of aromatic nitrogens is 1. The van der Waals surface area contributed by atoms with Gasteiger partial charge in [-0.05, 0) is 6.92 Å². The van der Waals surface area contributed by atoms with Gasteiger partial charge >= 0.3 is 0 Å². The molecule has 1 rings (SSSR count). The molecule has 0 aliphatic rings. The number of nitro groups is 1. The Hall–Kier alpha value is -0.780. The van der Waals surface area contributed by atoms with Gasteiger partial charge in [-0.1, -0.05) is 34.8 Å². The minimum Gasteiger partial charge on any atom is -0.349 e. The average molecular weight is 288 g/mol. The van der Waals surface area contributed by atoms with Crippen molar-refractivity contribution in [3.63, 3.8) is 0 Å². The summed E-state index contributed by atoms with van der Waals surface area (Å²) in [7, 11) is 1.78. The van der Waals surface area contributed by atoms with Crippen LogP contribution < -0.4 is 0 Å². The minimum absolute atomic E-state index is 0.153. The largest absolute Gasteiger partial charge is 0.349 e. The molecule has 0 aromatic carbocycles. The van der Waals surface area contributed by atoms with Crippen LogP contribution in [0.25, 0.3) is 0 Å². The van der Waals surface area contributed by atoms with Gasteiger partial charge in [-0.25, -0.2) is 0 Å². The zero-order valence-electron chi connectivity index (χ0n) is 8.49. The fraction of sp³-hybridized carbons (Fsp3) is 0.375. The molecule has 0 radical (unpaired) electrons. The number of aldehydes is 1.